The van der Waals surface area contributed by atoms with Crippen LogP contribution in [-0.2, 0) is 25.9 Å². The van der Waals surface area contributed by atoms with E-state index >= 15 is 0 Å². The molecule has 5 rings (SSSR count). The lowest BCUT2D eigenvalue weighted by atomic mass is 9.87. The molecule has 220 valence electrons. The Morgan fingerprint density at radius 1 is 1.05 bits per heavy atom. The Kier molecular flexibility index (Phi) is 8.65. The van der Waals surface area contributed by atoms with Crippen LogP contribution in [0, 0.1) is 0 Å². The zero-order chi connectivity index (χ0) is 29.0. The topological polar surface area (TPSA) is 125 Å². The van der Waals surface area contributed by atoms with E-state index in [-0.39, 0.29) is 35.6 Å². The third kappa shape index (κ3) is 6.90. The van der Waals surface area contributed by atoms with Crippen molar-refractivity contribution < 1.29 is 27.5 Å². The number of nitrogens with zero attached hydrogens (tertiary/aromatic N) is 2. The fraction of sp³-hybridized carbons (Fsp3) is 0.500. The summed E-state index contributed by atoms with van der Waals surface area (Å²) in [5.74, 6) is -0.243. The second kappa shape index (κ2) is 12.2. The molecule has 2 heterocycles. The number of hydrogen-bond acceptors (Lipinski definition) is 7. The minimum atomic E-state index is -3.32. The van der Waals surface area contributed by atoms with E-state index in [0.717, 1.165) is 44.0 Å². The highest BCUT2D eigenvalue weighted by atomic mass is 32.2. The van der Waals surface area contributed by atoms with Gasteiger partial charge in [-0.05, 0) is 68.2 Å². The summed E-state index contributed by atoms with van der Waals surface area (Å²) >= 11 is 0. The summed E-state index contributed by atoms with van der Waals surface area (Å²) in [4.78, 5) is 42.5. The third-order valence-electron chi connectivity index (χ3n) is 8.45. The number of nitrogens with one attached hydrogen (secondary N) is 2. The summed E-state index contributed by atoms with van der Waals surface area (Å²) in [6.45, 7) is 2.08. The molecule has 3 fully saturated rings. The van der Waals surface area contributed by atoms with Gasteiger partial charge in [-0.25, -0.2) is 18.0 Å². The summed E-state index contributed by atoms with van der Waals surface area (Å²) in [5, 5.41) is 6.00. The summed E-state index contributed by atoms with van der Waals surface area (Å²) in [5.41, 5.74) is 0.770. The highest BCUT2D eigenvalue weighted by Crippen LogP contribution is 2.31. The second-order valence-corrected chi connectivity index (χ2v) is 13.4. The van der Waals surface area contributed by atoms with Crippen LogP contribution in [0.25, 0.3) is 0 Å². The molecule has 1 aliphatic carbocycles. The van der Waals surface area contributed by atoms with Crippen LogP contribution >= 0.6 is 0 Å². The molecule has 41 heavy (non-hydrogen) atoms. The Labute approximate surface area is 241 Å². The number of piperidine rings is 1. The van der Waals surface area contributed by atoms with Crippen LogP contribution in [-0.4, -0.2) is 73.8 Å². The monoisotopic (exact) mass is 582 g/mol. The Morgan fingerprint density at radius 3 is 2.34 bits per heavy atom. The molecular formula is C30H38N4O6S. The van der Waals surface area contributed by atoms with Gasteiger partial charge in [0.15, 0.2) is 9.84 Å². The number of rotatable bonds is 9. The maximum Gasteiger partial charge on any atom is 0.407 e. The minimum Gasteiger partial charge on any atom is -0.446 e. The Bertz CT molecular complexity index is 1350. The largest absolute Gasteiger partial charge is 0.446 e. The molecule has 1 saturated carbocycles. The van der Waals surface area contributed by atoms with Gasteiger partial charge in [0.1, 0.15) is 11.6 Å². The maximum absolute atomic E-state index is 13.4. The van der Waals surface area contributed by atoms with Gasteiger partial charge in [0.2, 0.25) is 0 Å². The predicted molar refractivity (Wildman–Crippen MR) is 153 cm³/mol. The molecule has 2 aliphatic heterocycles. The quantitative estimate of drug-likeness (QED) is 0.431. The molecule has 3 aliphatic rings. The molecule has 0 radical (unpaired) electrons. The number of sulfone groups is 1. The van der Waals surface area contributed by atoms with Crippen LogP contribution in [0.2, 0.25) is 0 Å². The lowest BCUT2D eigenvalue weighted by Crippen LogP contribution is -2.55. The van der Waals surface area contributed by atoms with E-state index in [1.807, 2.05) is 30.3 Å². The first-order valence-electron chi connectivity index (χ1n) is 14.3. The molecule has 1 atom stereocenters. The van der Waals surface area contributed by atoms with Gasteiger partial charge in [0.05, 0.1) is 17.5 Å². The van der Waals surface area contributed by atoms with E-state index in [9.17, 15) is 22.8 Å². The number of likely N-dealkylation sites (tertiary alicyclic amines) is 1. The Hall–Kier alpha value is -3.44. The van der Waals surface area contributed by atoms with E-state index in [4.69, 9.17) is 4.74 Å². The van der Waals surface area contributed by atoms with Crippen molar-refractivity contribution in [3.63, 3.8) is 0 Å². The number of ether oxygens (including phenoxy) is 1. The van der Waals surface area contributed by atoms with Crippen LogP contribution in [0.1, 0.15) is 62.1 Å². The molecule has 4 amide bonds. The third-order valence-corrected chi connectivity index (χ3v) is 9.58. The first-order chi connectivity index (χ1) is 19.6. The maximum atomic E-state index is 13.4. The normalized spacial score (nSPS) is 20.3. The number of hydrogen-bond donors (Lipinski definition) is 2. The molecule has 11 heteroatoms. The smallest absolute Gasteiger partial charge is 0.407 e. The summed E-state index contributed by atoms with van der Waals surface area (Å²) in [6.07, 6.45) is 6.45. The van der Waals surface area contributed by atoms with E-state index in [2.05, 4.69) is 15.5 Å². The van der Waals surface area contributed by atoms with E-state index in [0.29, 0.717) is 37.9 Å². The number of benzene rings is 2. The standard InChI is InChI=1S/C30H38N4O6S/c1-41(38,39)25-13-11-22(12-14-25)21-34-27(35)30(32-28(34)36)16-19-33(20-17-30)18-15-26(23-7-3-2-4-8-23)31-29(37)40-24-9-5-6-10-24/h2-4,7-8,11-14,24,26H,5-6,9-10,15-21H2,1H3,(H,31,37)(H,32,36)/t26-/m0/s1. The SMILES string of the molecule is CS(=O)(=O)c1ccc(CN2C(=O)NC3(CCN(CC[C@H](NC(=O)OC4CCCC4)c4ccccc4)CC3)C2=O)cc1. The average molecular weight is 583 g/mol. The van der Waals surface area contributed by atoms with Gasteiger partial charge < -0.3 is 20.3 Å². The van der Waals surface area contributed by atoms with Crippen LogP contribution < -0.4 is 10.6 Å². The van der Waals surface area contributed by atoms with Gasteiger partial charge in [0, 0.05) is 25.9 Å². The highest BCUT2D eigenvalue weighted by Gasteiger charge is 2.52. The zero-order valence-corrected chi connectivity index (χ0v) is 24.2. The molecule has 1 spiro atoms. The van der Waals surface area contributed by atoms with Crippen molar-refractivity contribution in [1.82, 2.24) is 20.4 Å². The predicted octanol–water partition coefficient (Wildman–Crippen LogP) is 3.78. The van der Waals surface area contributed by atoms with Gasteiger partial charge in [-0.2, -0.15) is 0 Å². The van der Waals surface area contributed by atoms with Crippen LogP contribution in [0.3, 0.4) is 0 Å². The lowest BCUT2D eigenvalue weighted by molar-refractivity contribution is -0.133. The molecule has 0 bridgehead atoms. The summed E-state index contributed by atoms with van der Waals surface area (Å²) < 4.78 is 29.1. The molecule has 2 saturated heterocycles. The first kappa shape index (κ1) is 29.1. The lowest BCUT2D eigenvalue weighted by Gasteiger charge is -2.37. The van der Waals surface area contributed by atoms with Crippen LogP contribution in [0.5, 0.6) is 0 Å². The van der Waals surface area contributed by atoms with E-state index in [1.165, 1.54) is 17.0 Å². The molecule has 0 aromatic heterocycles. The van der Waals surface area contributed by atoms with Crippen LogP contribution in [0.4, 0.5) is 9.59 Å². The number of urea groups is 1. The Morgan fingerprint density at radius 2 is 1.71 bits per heavy atom. The summed E-state index contributed by atoms with van der Waals surface area (Å²) in [6, 6.07) is 15.5. The van der Waals surface area contributed by atoms with Gasteiger partial charge >= 0.3 is 12.1 Å². The van der Waals surface area contributed by atoms with Crippen molar-refractivity contribution in [3.05, 3.63) is 65.7 Å². The second-order valence-electron chi connectivity index (χ2n) is 11.4. The summed E-state index contributed by atoms with van der Waals surface area (Å²) in [7, 11) is -3.32. The van der Waals surface area contributed by atoms with Crippen molar-refractivity contribution in [2.75, 3.05) is 25.9 Å². The van der Waals surface area contributed by atoms with E-state index < -0.39 is 21.4 Å². The number of imide groups is 1. The van der Waals surface area contributed by atoms with Crippen molar-refractivity contribution in [2.24, 2.45) is 0 Å². The van der Waals surface area contributed by atoms with Gasteiger partial charge in [-0.3, -0.25) is 9.69 Å². The fourth-order valence-corrected chi connectivity index (χ4v) is 6.63. The number of alkyl carbamates (subject to hydrolysis) is 1. The molecule has 2 aromatic rings. The van der Waals surface area contributed by atoms with Gasteiger partial charge in [-0.15, -0.1) is 0 Å². The molecule has 0 unspecified atom stereocenters. The fourth-order valence-electron chi connectivity index (χ4n) is 5.99. The highest BCUT2D eigenvalue weighted by molar-refractivity contribution is 7.90. The van der Waals surface area contributed by atoms with Crippen molar-refractivity contribution in [2.45, 2.75) is 74.1 Å². The zero-order valence-electron chi connectivity index (χ0n) is 23.4. The van der Waals surface area contributed by atoms with Crippen molar-refractivity contribution in [1.29, 1.82) is 0 Å². The number of amides is 4. The van der Waals surface area contributed by atoms with Gasteiger partial charge in [-0.1, -0.05) is 42.5 Å². The molecule has 2 N–H and O–H groups in total. The number of carbonyl (C=O) groups is 3. The van der Waals surface area contributed by atoms with E-state index in [1.54, 1.807) is 12.1 Å². The van der Waals surface area contributed by atoms with Crippen molar-refractivity contribution in [3.8, 4) is 0 Å². The average Bonchev–Trinajstić information content (AvgIpc) is 3.54. The number of carbonyl (C=O) groups excluding carboxylic acids is 3. The minimum absolute atomic E-state index is 0.00437. The Balaban J connectivity index is 1.15. The van der Waals surface area contributed by atoms with Crippen LogP contribution in [0.15, 0.2) is 59.5 Å². The molecular weight excluding hydrogens is 544 g/mol. The van der Waals surface area contributed by atoms with Gasteiger partial charge in [0.25, 0.3) is 5.91 Å². The first-order valence-corrected chi connectivity index (χ1v) is 16.2. The van der Waals surface area contributed by atoms with Crippen molar-refractivity contribution >= 4 is 27.9 Å². The molecule has 10 nitrogen and oxygen atoms in total. The molecule has 2 aromatic carbocycles.